The minimum Gasteiger partial charge on any atom is -0.457 e. The minimum absolute atomic E-state index is 0.0160. The fraction of sp³-hybridized carbons (Fsp3) is 0.222. The number of halogens is 3. The third kappa shape index (κ3) is 5.97. The molecule has 2 fully saturated rings. The number of fused-ring (bicyclic) bond motifs is 2. The van der Waals surface area contributed by atoms with Gasteiger partial charge in [-0.3, -0.25) is 24.2 Å². The Kier molecular flexibility index (Phi) is 8.23. The Balaban J connectivity index is 1.17. The van der Waals surface area contributed by atoms with E-state index in [0.717, 1.165) is 0 Å². The van der Waals surface area contributed by atoms with E-state index in [0.29, 0.717) is 41.2 Å². The predicted molar refractivity (Wildman–Crippen MR) is 182 cm³/mol. The largest absolute Gasteiger partial charge is 0.457 e. The summed E-state index contributed by atoms with van der Waals surface area (Å²) in [6.07, 6.45) is -1.44. The molecule has 2 aromatic heterocycles. The number of alkyl halides is 3. The van der Waals surface area contributed by atoms with E-state index < -0.39 is 47.3 Å². The molecule has 0 bridgehead atoms. The highest BCUT2D eigenvalue weighted by molar-refractivity contribution is 7.13. The molecule has 1 N–H and O–H groups in total. The number of piperazine rings is 1. The fourth-order valence-electron chi connectivity index (χ4n) is 7.08. The number of ether oxygens (including phenoxy) is 1. The molecule has 5 heterocycles. The highest BCUT2D eigenvalue weighted by Crippen LogP contribution is 2.49. The van der Waals surface area contributed by atoms with E-state index in [1.807, 2.05) is 0 Å². The average molecular weight is 712 g/mol. The lowest BCUT2D eigenvalue weighted by Crippen LogP contribution is -2.57. The smallest absolute Gasteiger partial charge is 0.422 e. The zero-order valence-corrected chi connectivity index (χ0v) is 27.5. The Morgan fingerprint density at radius 3 is 2.33 bits per heavy atom. The highest BCUT2D eigenvalue weighted by Gasteiger charge is 2.50. The zero-order chi connectivity index (χ0) is 35.3. The Morgan fingerprint density at radius 2 is 1.63 bits per heavy atom. The van der Waals surface area contributed by atoms with Crippen molar-refractivity contribution in [3.63, 3.8) is 0 Å². The molecule has 3 aliphatic heterocycles. The molecule has 8 rings (SSSR count). The number of nitrogens with one attached hydrogen (secondary N) is 1. The quantitative estimate of drug-likeness (QED) is 0.196. The molecular weight excluding hydrogens is 684 g/mol. The molecule has 258 valence electrons. The maximum atomic E-state index is 15.3. The van der Waals surface area contributed by atoms with Crippen molar-refractivity contribution in [1.29, 1.82) is 0 Å². The maximum Gasteiger partial charge on any atom is 0.422 e. The van der Waals surface area contributed by atoms with E-state index in [-0.39, 0.29) is 35.9 Å². The van der Waals surface area contributed by atoms with Crippen molar-refractivity contribution in [1.82, 2.24) is 25.0 Å². The van der Waals surface area contributed by atoms with Crippen LogP contribution in [0.1, 0.15) is 43.2 Å². The molecule has 11 nitrogen and oxygen atoms in total. The molecule has 2 saturated heterocycles. The monoisotopic (exact) mass is 711 g/mol. The molecule has 0 saturated carbocycles. The Bertz CT molecular complexity index is 2110. The molecule has 0 radical (unpaired) electrons. The van der Waals surface area contributed by atoms with Crippen molar-refractivity contribution in [2.24, 2.45) is 0 Å². The van der Waals surface area contributed by atoms with Crippen molar-refractivity contribution >= 4 is 40.4 Å². The Hall–Kier alpha value is -5.67. The van der Waals surface area contributed by atoms with Crippen molar-refractivity contribution in [2.75, 3.05) is 36.4 Å². The second-order valence-electron chi connectivity index (χ2n) is 12.3. The molecule has 15 heteroatoms. The van der Waals surface area contributed by atoms with Gasteiger partial charge in [0.2, 0.25) is 0 Å². The lowest BCUT2D eigenvalue weighted by molar-refractivity contribution is -0.138. The Morgan fingerprint density at radius 1 is 0.882 bits per heavy atom. The van der Waals surface area contributed by atoms with Gasteiger partial charge in [-0.2, -0.15) is 23.4 Å². The number of carbonyl (C=O) groups excluding carboxylic acids is 3. The van der Waals surface area contributed by atoms with E-state index in [1.165, 1.54) is 46.1 Å². The van der Waals surface area contributed by atoms with Crippen LogP contribution in [0.5, 0.6) is 11.5 Å². The van der Waals surface area contributed by atoms with Gasteiger partial charge in [-0.25, -0.2) is 4.98 Å². The van der Waals surface area contributed by atoms with Crippen LogP contribution >= 0.6 is 11.3 Å². The van der Waals surface area contributed by atoms with Crippen LogP contribution in [0.3, 0.4) is 0 Å². The fourth-order valence-corrected chi connectivity index (χ4v) is 7.88. The summed E-state index contributed by atoms with van der Waals surface area (Å²) in [7, 11) is 0. The van der Waals surface area contributed by atoms with Crippen molar-refractivity contribution in [3.05, 3.63) is 113 Å². The molecule has 5 aromatic rings. The molecule has 0 aliphatic carbocycles. The van der Waals surface area contributed by atoms with E-state index in [2.05, 4.69) is 25.4 Å². The first kappa shape index (κ1) is 32.5. The number of hydrogen-bond acceptors (Lipinski definition) is 10. The molecule has 0 unspecified atom stereocenters. The summed E-state index contributed by atoms with van der Waals surface area (Å²) >= 11 is 1.19. The van der Waals surface area contributed by atoms with E-state index in [1.54, 1.807) is 65.6 Å². The summed E-state index contributed by atoms with van der Waals surface area (Å²) in [5.41, 5.74) is -0.138. The first-order valence-corrected chi connectivity index (χ1v) is 17.0. The number of anilines is 2. The van der Waals surface area contributed by atoms with Crippen LogP contribution in [-0.2, 0) is 6.18 Å². The number of aromatic nitrogens is 3. The van der Waals surface area contributed by atoms with Crippen molar-refractivity contribution in [3.8, 4) is 22.1 Å². The molecule has 0 spiro atoms. The van der Waals surface area contributed by atoms with E-state index >= 15 is 13.2 Å². The van der Waals surface area contributed by atoms with Crippen LogP contribution < -0.4 is 15.0 Å². The normalized spacial score (nSPS) is 18.9. The van der Waals surface area contributed by atoms with Crippen LogP contribution in [0, 0.1) is 0 Å². The van der Waals surface area contributed by atoms with Gasteiger partial charge in [-0.05, 0) is 48.9 Å². The summed E-state index contributed by atoms with van der Waals surface area (Å²) in [5, 5.41) is 12.3. The number of imide groups is 1. The summed E-state index contributed by atoms with van der Waals surface area (Å²) in [6, 6.07) is 18.0. The Labute approximate surface area is 293 Å². The van der Waals surface area contributed by atoms with Gasteiger partial charge in [0.05, 0.1) is 40.9 Å². The topological polar surface area (TPSA) is 121 Å². The average Bonchev–Trinajstić information content (AvgIpc) is 3.86. The molecule has 3 aliphatic rings. The standard InChI is InChI=1S/C36H28F3N7O4S/c37-36(38,39)30-29(50-22-6-2-1-3-7-22)11-10-25(42-32(47)26-20-51-33(43-26)21-12-14-40-41-18-21)31(30)45-17-16-44-15-13-27(28(44)19-45)46-34(48)23-8-4-5-9-24(23)35(46)49/h1-12,14,18,20,27-28H,13,15-17,19H2,(H,42,47)/t27-,28-/m1/s1. The van der Waals surface area contributed by atoms with Gasteiger partial charge in [-0.15, -0.1) is 11.3 Å². The lowest BCUT2D eigenvalue weighted by atomic mass is 10.0. The zero-order valence-electron chi connectivity index (χ0n) is 26.7. The van der Waals surface area contributed by atoms with Crippen molar-refractivity contribution < 1.29 is 32.3 Å². The molecule has 3 amide bonds. The van der Waals surface area contributed by atoms with Crippen molar-refractivity contribution in [2.45, 2.75) is 24.7 Å². The number of benzene rings is 3. The lowest BCUT2D eigenvalue weighted by Gasteiger charge is -2.43. The van der Waals surface area contributed by atoms with Gasteiger partial charge < -0.3 is 15.0 Å². The van der Waals surface area contributed by atoms with Gasteiger partial charge in [0.25, 0.3) is 17.7 Å². The number of nitrogens with zero attached hydrogens (tertiary/aromatic N) is 6. The van der Waals surface area contributed by atoms with Gasteiger partial charge in [-0.1, -0.05) is 30.3 Å². The first-order chi connectivity index (χ1) is 24.7. The number of rotatable bonds is 7. The molecular formula is C36H28F3N7O4S. The number of hydrogen-bond donors (Lipinski definition) is 1. The number of amides is 3. The van der Waals surface area contributed by atoms with Crippen LogP contribution in [0.15, 0.2) is 90.6 Å². The summed E-state index contributed by atoms with van der Waals surface area (Å²) in [5.74, 6) is -1.75. The number of thiazole rings is 1. The van der Waals surface area contributed by atoms with Crippen LogP contribution in [-0.4, -0.2) is 81.0 Å². The second-order valence-corrected chi connectivity index (χ2v) is 13.2. The first-order valence-electron chi connectivity index (χ1n) is 16.1. The predicted octanol–water partition coefficient (Wildman–Crippen LogP) is 6.22. The second kappa shape index (κ2) is 12.9. The number of carbonyl (C=O) groups is 3. The maximum absolute atomic E-state index is 15.3. The minimum atomic E-state index is -4.91. The molecule has 2 atom stereocenters. The third-order valence-electron chi connectivity index (χ3n) is 9.37. The van der Waals surface area contributed by atoms with Crippen LogP contribution in [0.2, 0.25) is 0 Å². The summed E-state index contributed by atoms with van der Waals surface area (Å²) in [6.45, 7) is 1.17. The summed E-state index contributed by atoms with van der Waals surface area (Å²) < 4.78 is 51.7. The SMILES string of the molecule is O=C(Nc1ccc(Oc2ccccc2)c(C(F)(F)F)c1N1CCN2CC[C@@H](N3C(=O)c4ccccc4C3=O)[C@H]2C1)c1csc(-c2ccnnc2)n1. The van der Waals surface area contributed by atoms with Crippen LogP contribution in [0.4, 0.5) is 24.5 Å². The molecule has 3 aromatic carbocycles. The van der Waals surface area contributed by atoms with Gasteiger partial charge in [0, 0.05) is 43.2 Å². The van der Waals surface area contributed by atoms with E-state index in [9.17, 15) is 14.4 Å². The van der Waals surface area contributed by atoms with Crippen LogP contribution in [0.25, 0.3) is 10.6 Å². The molecule has 51 heavy (non-hydrogen) atoms. The highest BCUT2D eigenvalue weighted by atomic mass is 32.1. The number of para-hydroxylation sites is 1. The third-order valence-corrected chi connectivity index (χ3v) is 10.3. The van der Waals surface area contributed by atoms with E-state index in [4.69, 9.17) is 4.74 Å². The summed E-state index contributed by atoms with van der Waals surface area (Å²) in [4.78, 5) is 49.9. The van der Waals surface area contributed by atoms with Gasteiger partial charge in [0.15, 0.2) is 0 Å². The van der Waals surface area contributed by atoms with Gasteiger partial charge >= 0.3 is 6.18 Å². The van der Waals surface area contributed by atoms with Gasteiger partial charge in [0.1, 0.15) is 27.8 Å².